The smallest absolute Gasteiger partial charge is 0.230 e. The van der Waals surface area contributed by atoms with Crippen molar-refractivity contribution in [3.05, 3.63) is 35.9 Å². The van der Waals surface area contributed by atoms with E-state index in [0.717, 1.165) is 24.2 Å². The Bertz CT molecular complexity index is 587. The van der Waals surface area contributed by atoms with Crippen molar-refractivity contribution >= 4 is 46.2 Å². The third-order valence-electron chi connectivity index (χ3n) is 3.31. The first kappa shape index (κ1) is 19.5. The van der Waals surface area contributed by atoms with Gasteiger partial charge in [-0.15, -0.1) is 0 Å². The van der Waals surface area contributed by atoms with Crippen molar-refractivity contribution in [1.82, 2.24) is 5.32 Å². The molecule has 6 heteroatoms. The molecule has 126 valence electrons. The fraction of sp³-hybridized carbons (Fsp3) is 0.412. The van der Waals surface area contributed by atoms with Crippen LogP contribution in [0, 0.1) is 5.41 Å². The number of rotatable bonds is 7. The van der Waals surface area contributed by atoms with Gasteiger partial charge in [0.1, 0.15) is 0 Å². The SMILES string of the molecule is C=C(Cl)CNC(=S)Nc1cccc(NC(=O)C(C)(C)CCC)c1. The monoisotopic (exact) mass is 353 g/mol. The first-order chi connectivity index (χ1) is 10.7. The van der Waals surface area contributed by atoms with E-state index in [-0.39, 0.29) is 5.91 Å². The summed E-state index contributed by atoms with van der Waals surface area (Å²) >= 11 is 10.9. The Kier molecular flexibility index (Phi) is 7.52. The Balaban J connectivity index is 2.68. The largest absolute Gasteiger partial charge is 0.357 e. The van der Waals surface area contributed by atoms with E-state index in [1.807, 2.05) is 38.1 Å². The highest BCUT2D eigenvalue weighted by Crippen LogP contribution is 2.25. The highest BCUT2D eigenvalue weighted by atomic mass is 35.5. The van der Waals surface area contributed by atoms with Crippen LogP contribution in [0.25, 0.3) is 0 Å². The standard InChI is InChI=1S/C17H24ClN3OS/c1-5-9-17(3,4)15(22)20-13-7-6-8-14(10-13)21-16(23)19-11-12(2)18/h6-8,10H,2,5,9,11H2,1,3-4H3,(H,20,22)(H2,19,21,23). The molecule has 0 radical (unpaired) electrons. The summed E-state index contributed by atoms with van der Waals surface area (Å²) < 4.78 is 0. The molecule has 0 bridgehead atoms. The van der Waals surface area contributed by atoms with Gasteiger partial charge in [-0.25, -0.2) is 0 Å². The summed E-state index contributed by atoms with van der Waals surface area (Å²) in [6, 6.07) is 7.41. The molecular weight excluding hydrogens is 330 g/mol. The normalized spacial score (nSPS) is 10.8. The molecule has 0 aromatic heterocycles. The second-order valence-electron chi connectivity index (χ2n) is 5.99. The fourth-order valence-electron chi connectivity index (χ4n) is 2.07. The summed E-state index contributed by atoms with van der Waals surface area (Å²) in [6.07, 6.45) is 1.81. The molecule has 23 heavy (non-hydrogen) atoms. The van der Waals surface area contributed by atoms with Crippen LogP contribution in [0.4, 0.5) is 11.4 Å². The number of hydrogen-bond donors (Lipinski definition) is 3. The van der Waals surface area contributed by atoms with E-state index < -0.39 is 5.41 Å². The van der Waals surface area contributed by atoms with Crippen LogP contribution in [0.2, 0.25) is 0 Å². The summed E-state index contributed by atoms with van der Waals surface area (Å²) in [6.45, 7) is 9.96. The van der Waals surface area contributed by atoms with E-state index in [2.05, 4.69) is 29.5 Å². The molecule has 4 nitrogen and oxygen atoms in total. The van der Waals surface area contributed by atoms with Gasteiger partial charge < -0.3 is 16.0 Å². The third kappa shape index (κ3) is 7.01. The molecule has 0 saturated heterocycles. The number of nitrogens with one attached hydrogen (secondary N) is 3. The second-order valence-corrected chi connectivity index (χ2v) is 6.94. The van der Waals surface area contributed by atoms with Gasteiger partial charge in [0.15, 0.2) is 5.11 Å². The van der Waals surface area contributed by atoms with E-state index >= 15 is 0 Å². The molecule has 1 aromatic rings. The van der Waals surface area contributed by atoms with E-state index in [1.165, 1.54) is 0 Å². The van der Waals surface area contributed by atoms with Crippen LogP contribution < -0.4 is 16.0 Å². The summed E-state index contributed by atoms with van der Waals surface area (Å²) in [7, 11) is 0. The van der Waals surface area contributed by atoms with Crippen molar-refractivity contribution in [2.24, 2.45) is 5.41 Å². The maximum absolute atomic E-state index is 12.3. The number of carbonyl (C=O) groups is 1. The first-order valence-corrected chi connectivity index (χ1v) is 8.33. The molecule has 1 aromatic carbocycles. The van der Waals surface area contributed by atoms with Gasteiger partial charge in [-0.2, -0.15) is 0 Å². The lowest BCUT2D eigenvalue weighted by molar-refractivity contribution is -0.124. The van der Waals surface area contributed by atoms with Gasteiger partial charge in [-0.3, -0.25) is 4.79 Å². The Labute approximate surface area is 148 Å². The van der Waals surface area contributed by atoms with Gasteiger partial charge in [0.05, 0.1) is 6.54 Å². The number of thiocarbonyl (C=S) groups is 1. The van der Waals surface area contributed by atoms with Gasteiger partial charge in [0, 0.05) is 21.8 Å². The molecule has 0 aliphatic heterocycles. The van der Waals surface area contributed by atoms with Gasteiger partial charge in [0.25, 0.3) is 0 Å². The molecule has 0 atom stereocenters. The number of benzene rings is 1. The second kappa shape index (κ2) is 8.89. The number of hydrogen-bond acceptors (Lipinski definition) is 2. The van der Waals surface area contributed by atoms with Gasteiger partial charge in [-0.1, -0.05) is 51.4 Å². The number of halogens is 1. The van der Waals surface area contributed by atoms with Crippen LogP contribution in [0.3, 0.4) is 0 Å². The third-order valence-corrected chi connectivity index (χ3v) is 3.69. The van der Waals surface area contributed by atoms with E-state index in [9.17, 15) is 4.79 Å². The van der Waals surface area contributed by atoms with Gasteiger partial charge in [0.2, 0.25) is 5.91 Å². The van der Waals surface area contributed by atoms with Crippen LogP contribution in [0.1, 0.15) is 33.6 Å². The van der Waals surface area contributed by atoms with E-state index in [4.69, 9.17) is 23.8 Å². The fourth-order valence-corrected chi connectivity index (χ4v) is 2.32. The molecule has 1 amide bonds. The van der Waals surface area contributed by atoms with Gasteiger partial charge in [-0.05, 0) is 36.8 Å². The van der Waals surface area contributed by atoms with Crippen molar-refractivity contribution in [2.45, 2.75) is 33.6 Å². The molecule has 0 aliphatic rings. The predicted molar refractivity (Wildman–Crippen MR) is 103 cm³/mol. The van der Waals surface area contributed by atoms with Crippen LogP contribution in [0.15, 0.2) is 35.9 Å². The summed E-state index contributed by atoms with van der Waals surface area (Å²) in [5.41, 5.74) is 1.12. The van der Waals surface area contributed by atoms with Crippen LogP contribution in [-0.4, -0.2) is 17.6 Å². The molecular formula is C17H24ClN3OS. The number of amides is 1. The maximum atomic E-state index is 12.3. The lowest BCUT2D eigenvalue weighted by Crippen LogP contribution is -2.31. The average molecular weight is 354 g/mol. The Morgan fingerprint density at radius 2 is 1.91 bits per heavy atom. The molecule has 0 unspecified atom stereocenters. The number of carbonyl (C=O) groups excluding carboxylic acids is 1. The summed E-state index contributed by atoms with van der Waals surface area (Å²) in [4.78, 5) is 12.3. The van der Waals surface area contributed by atoms with Crippen molar-refractivity contribution in [3.63, 3.8) is 0 Å². The average Bonchev–Trinajstić information content (AvgIpc) is 2.45. The number of anilines is 2. The Morgan fingerprint density at radius 1 is 1.30 bits per heavy atom. The van der Waals surface area contributed by atoms with E-state index in [0.29, 0.717) is 16.7 Å². The molecule has 0 spiro atoms. The Hall–Kier alpha value is -1.59. The molecule has 0 heterocycles. The highest BCUT2D eigenvalue weighted by molar-refractivity contribution is 7.80. The lowest BCUT2D eigenvalue weighted by Gasteiger charge is -2.23. The van der Waals surface area contributed by atoms with Crippen LogP contribution >= 0.6 is 23.8 Å². The zero-order valence-corrected chi connectivity index (χ0v) is 15.4. The van der Waals surface area contributed by atoms with E-state index in [1.54, 1.807) is 0 Å². The zero-order chi connectivity index (χ0) is 17.5. The van der Waals surface area contributed by atoms with Crippen molar-refractivity contribution in [2.75, 3.05) is 17.2 Å². The topological polar surface area (TPSA) is 53.2 Å². The predicted octanol–water partition coefficient (Wildman–Crippen LogP) is 4.49. The van der Waals surface area contributed by atoms with Crippen LogP contribution in [0.5, 0.6) is 0 Å². The first-order valence-electron chi connectivity index (χ1n) is 7.54. The van der Waals surface area contributed by atoms with Crippen LogP contribution in [-0.2, 0) is 4.79 Å². The highest BCUT2D eigenvalue weighted by Gasteiger charge is 2.26. The lowest BCUT2D eigenvalue weighted by atomic mass is 9.87. The zero-order valence-electron chi connectivity index (χ0n) is 13.8. The molecule has 0 aliphatic carbocycles. The molecule has 1 rings (SSSR count). The summed E-state index contributed by atoms with van der Waals surface area (Å²) in [5, 5.41) is 9.86. The minimum Gasteiger partial charge on any atom is -0.357 e. The Morgan fingerprint density at radius 3 is 2.48 bits per heavy atom. The molecule has 0 saturated carbocycles. The minimum absolute atomic E-state index is 0.00985. The quantitative estimate of drug-likeness (QED) is 0.632. The maximum Gasteiger partial charge on any atom is 0.230 e. The summed E-state index contributed by atoms with van der Waals surface area (Å²) in [5.74, 6) is 0.00985. The minimum atomic E-state index is -0.393. The van der Waals surface area contributed by atoms with Gasteiger partial charge >= 0.3 is 0 Å². The van der Waals surface area contributed by atoms with Crippen molar-refractivity contribution in [1.29, 1.82) is 0 Å². The molecule has 0 fully saturated rings. The van der Waals surface area contributed by atoms with Crippen molar-refractivity contribution in [3.8, 4) is 0 Å². The van der Waals surface area contributed by atoms with Crippen molar-refractivity contribution < 1.29 is 4.79 Å². The molecule has 3 N–H and O–H groups in total.